The third-order valence-electron chi connectivity index (χ3n) is 4.59. The summed E-state index contributed by atoms with van der Waals surface area (Å²) >= 11 is 0. The van der Waals surface area contributed by atoms with Gasteiger partial charge in [-0.25, -0.2) is 0 Å². The summed E-state index contributed by atoms with van der Waals surface area (Å²) in [5, 5.41) is 9.55. The Kier molecular flexibility index (Phi) is 14.5. The van der Waals surface area contributed by atoms with E-state index in [2.05, 4.69) is 0 Å². The van der Waals surface area contributed by atoms with Gasteiger partial charge in [0.1, 0.15) is 36.6 Å². The highest BCUT2D eigenvalue weighted by molar-refractivity contribution is 4.90. The molecule has 2 fully saturated rings. The predicted molar refractivity (Wildman–Crippen MR) is 102 cm³/mol. The van der Waals surface area contributed by atoms with Crippen molar-refractivity contribution in [2.75, 3.05) is 48.8 Å². The van der Waals surface area contributed by atoms with Gasteiger partial charge in [-0.15, -0.1) is 0 Å². The van der Waals surface area contributed by atoms with Gasteiger partial charge in [0.25, 0.3) is 0 Å². The summed E-state index contributed by atoms with van der Waals surface area (Å²) in [4.78, 5) is 0. The third kappa shape index (κ3) is 7.55. The molecule has 0 aromatic heterocycles. The van der Waals surface area contributed by atoms with Crippen molar-refractivity contribution in [2.45, 2.75) is 76.5 Å². The van der Waals surface area contributed by atoms with Crippen LogP contribution in [0.3, 0.4) is 0 Å². The van der Waals surface area contributed by atoms with E-state index in [0.717, 1.165) is 0 Å². The summed E-state index contributed by atoms with van der Waals surface area (Å²) in [6, 6.07) is 0. The Labute approximate surface area is 164 Å². The van der Waals surface area contributed by atoms with Crippen LogP contribution in [0.2, 0.25) is 0 Å². The molecular formula is C19H40O8. The molecule has 0 radical (unpaired) electrons. The van der Waals surface area contributed by atoms with Crippen LogP contribution in [0.4, 0.5) is 0 Å². The predicted octanol–water partition coefficient (Wildman–Crippen LogP) is 1.27. The zero-order valence-corrected chi connectivity index (χ0v) is 18.3. The molecule has 8 nitrogen and oxygen atoms in total. The highest BCUT2D eigenvalue weighted by Gasteiger charge is 2.43. The maximum Gasteiger partial charge on any atom is 0.114 e. The molecule has 2 saturated heterocycles. The number of hydrogen-bond acceptors (Lipinski definition) is 8. The van der Waals surface area contributed by atoms with Crippen molar-refractivity contribution in [3.8, 4) is 0 Å². The summed E-state index contributed by atoms with van der Waals surface area (Å²) < 4.78 is 36.8. The number of aliphatic hydroxyl groups is 1. The fourth-order valence-corrected chi connectivity index (χ4v) is 3.33. The van der Waals surface area contributed by atoms with Crippen LogP contribution >= 0.6 is 0 Å². The summed E-state index contributed by atoms with van der Waals surface area (Å²) in [6.07, 6.45) is -1.11. The molecule has 8 heteroatoms. The maximum absolute atomic E-state index is 9.55. The Morgan fingerprint density at radius 1 is 0.667 bits per heavy atom. The number of aliphatic hydroxyl groups excluding tert-OH is 1. The first kappa shape index (κ1) is 26.7. The van der Waals surface area contributed by atoms with Gasteiger partial charge in [0, 0.05) is 35.5 Å². The van der Waals surface area contributed by atoms with Gasteiger partial charge in [0.05, 0.1) is 25.4 Å². The van der Waals surface area contributed by atoms with Crippen LogP contribution in [-0.2, 0) is 33.2 Å². The summed E-state index contributed by atoms with van der Waals surface area (Å²) in [5.74, 6) is 0. The second-order valence-corrected chi connectivity index (χ2v) is 6.26. The molecular weight excluding hydrogens is 356 g/mol. The number of rotatable bonds is 7. The van der Waals surface area contributed by atoms with E-state index in [-0.39, 0.29) is 42.7 Å². The van der Waals surface area contributed by atoms with Crippen LogP contribution in [0.15, 0.2) is 0 Å². The monoisotopic (exact) mass is 396 g/mol. The first-order chi connectivity index (χ1) is 12.9. The molecule has 2 rings (SSSR count). The van der Waals surface area contributed by atoms with Gasteiger partial charge in [-0.1, -0.05) is 13.8 Å². The van der Waals surface area contributed by atoms with E-state index in [1.807, 2.05) is 27.7 Å². The van der Waals surface area contributed by atoms with Gasteiger partial charge in [-0.2, -0.15) is 0 Å². The molecule has 0 bridgehead atoms. The zero-order chi connectivity index (χ0) is 21.0. The quantitative estimate of drug-likeness (QED) is 0.689. The summed E-state index contributed by atoms with van der Waals surface area (Å²) in [6.45, 7) is 8.81. The minimum atomic E-state index is -0.546. The van der Waals surface area contributed by atoms with E-state index in [0.29, 0.717) is 13.2 Å². The van der Waals surface area contributed by atoms with Crippen molar-refractivity contribution in [2.24, 2.45) is 0 Å². The van der Waals surface area contributed by atoms with Gasteiger partial charge < -0.3 is 38.3 Å². The Morgan fingerprint density at radius 2 is 1.07 bits per heavy atom. The van der Waals surface area contributed by atoms with E-state index in [1.54, 1.807) is 35.5 Å². The van der Waals surface area contributed by atoms with Crippen molar-refractivity contribution < 1.29 is 38.3 Å². The van der Waals surface area contributed by atoms with Crippen molar-refractivity contribution in [1.29, 1.82) is 0 Å². The van der Waals surface area contributed by atoms with Crippen molar-refractivity contribution in [3.05, 3.63) is 0 Å². The van der Waals surface area contributed by atoms with Crippen LogP contribution in [0.25, 0.3) is 0 Å². The minimum Gasteiger partial charge on any atom is -0.388 e. The first-order valence-electron chi connectivity index (χ1n) is 9.50. The van der Waals surface area contributed by atoms with Gasteiger partial charge >= 0.3 is 0 Å². The van der Waals surface area contributed by atoms with Crippen molar-refractivity contribution in [1.82, 2.24) is 0 Å². The molecule has 2 aliphatic heterocycles. The maximum atomic E-state index is 9.55. The molecule has 0 aliphatic carbocycles. The van der Waals surface area contributed by atoms with Crippen LogP contribution in [0, 0.1) is 0 Å². The van der Waals surface area contributed by atoms with Crippen molar-refractivity contribution in [3.63, 3.8) is 0 Å². The summed E-state index contributed by atoms with van der Waals surface area (Å²) in [7, 11) is 8.16. The van der Waals surface area contributed by atoms with Crippen LogP contribution in [-0.4, -0.2) is 103 Å². The molecule has 2 aliphatic rings. The number of ether oxygens (including phenoxy) is 7. The highest BCUT2D eigenvalue weighted by atomic mass is 16.6. The largest absolute Gasteiger partial charge is 0.388 e. The van der Waals surface area contributed by atoms with Gasteiger partial charge in [0.15, 0.2) is 0 Å². The van der Waals surface area contributed by atoms with E-state index in [9.17, 15) is 5.11 Å². The molecule has 8 atom stereocenters. The van der Waals surface area contributed by atoms with E-state index < -0.39 is 6.10 Å². The SMILES string of the molecule is CC.COC[C@H]1O[C@@H](C)[C@@H](O)C1OC.COC[C@H]1O[C@@H](C)[C@@H](OC)C1OC. The Hall–Kier alpha value is -0.320. The Bertz CT molecular complexity index is 357. The van der Waals surface area contributed by atoms with Crippen LogP contribution in [0.5, 0.6) is 0 Å². The molecule has 0 aromatic rings. The third-order valence-corrected chi connectivity index (χ3v) is 4.59. The number of hydrogen-bond donors (Lipinski definition) is 1. The molecule has 0 saturated carbocycles. The highest BCUT2D eigenvalue weighted by Crippen LogP contribution is 2.25. The molecule has 0 aromatic carbocycles. The zero-order valence-electron chi connectivity index (χ0n) is 18.3. The lowest BCUT2D eigenvalue weighted by atomic mass is 10.1. The van der Waals surface area contributed by atoms with Crippen molar-refractivity contribution >= 4 is 0 Å². The molecule has 27 heavy (non-hydrogen) atoms. The molecule has 0 spiro atoms. The molecule has 2 unspecified atom stereocenters. The molecule has 164 valence electrons. The normalized spacial score (nSPS) is 38.0. The lowest BCUT2D eigenvalue weighted by Gasteiger charge is -2.20. The lowest BCUT2D eigenvalue weighted by molar-refractivity contribution is -0.0471. The topological polar surface area (TPSA) is 84.8 Å². The number of methoxy groups -OCH3 is 5. The average Bonchev–Trinajstić information content (AvgIpc) is 3.12. The van der Waals surface area contributed by atoms with Gasteiger partial charge in [0.2, 0.25) is 0 Å². The molecule has 2 heterocycles. The molecule has 0 amide bonds. The first-order valence-corrected chi connectivity index (χ1v) is 9.50. The summed E-state index contributed by atoms with van der Waals surface area (Å²) in [5.41, 5.74) is 0. The van der Waals surface area contributed by atoms with E-state index in [1.165, 1.54) is 0 Å². The lowest BCUT2D eigenvalue weighted by Crippen LogP contribution is -2.37. The fourth-order valence-electron chi connectivity index (χ4n) is 3.33. The van der Waals surface area contributed by atoms with Gasteiger partial charge in [-0.05, 0) is 13.8 Å². The van der Waals surface area contributed by atoms with Crippen LogP contribution < -0.4 is 0 Å². The van der Waals surface area contributed by atoms with E-state index in [4.69, 9.17) is 33.2 Å². The minimum absolute atomic E-state index is 0.00477. The van der Waals surface area contributed by atoms with Gasteiger partial charge in [-0.3, -0.25) is 0 Å². The van der Waals surface area contributed by atoms with E-state index >= 15 is 0 Å². The molecule has 1 N–H and O–H groups in total. The second kappa shape index (κ2) is 14.6. The Balaban J connectivity index is 0.000000460. The Morgan fingerprint density at radius 3 is 1.48 bits per heavy atom. The smallest absolute Gasteiger partial charge is 0.114 e. The average molecular weight is 397 g/mol. The van der Waals surface area contributed by atoms with Crippen LogP contribution in [0.1, 0.15) is 27.7 Å². The second-order valence-electron chi connectivity index (χ2n) is 6.26. The standard InChI is InChI=1S/C9H18O4.C8H16O4.C2H6/c1-6-8(11-3)9(12-4)7(13-6)5-10-2;1-5-7(9)8(11-3)6(12-5)4-10-2;1-2/h6-9H,5H2,1-4H3;5-9H,4H2,1-3H3;1-2H3/t6-,7+,8+,9?;5-,6+,7+,8?;/m00./s1. The fraction of sp³-hybridized carbons (Fsp3) is 1.00.